The molecular weight excluding hydrogens is 240 g/mol. The first-order valence-electron chi connectivity index (χ1n) is 7.26. The monoisotopic (exact) mass is 264 g/mol. The van der Waals surface area contributed by atoms with Crippen molar-refractivity contribution in [3.8, 4) is 0 Å². The van der Waals surface area contributed by atoms with Crippen LogP contribution >= 0.6 is 0 Å². The summed E-state index contributed by atoms with van der Waals surface area (Å²) < 4.78 is 0. The Labute approximate surface area is 115 Å². The fourth-order valence-electron chi connectivity index (χ4n) is 2.75. The van der Waals surface area contributed by atoms with Crippen molar-refractivity contribution in [1.29, 1.82) is 0 Å². The summed E-state index contributed by atoms with van der Waals surface area (Å²) in [5.74, 6) is 0.911. The van der Waals surface area contributed by atoms with Crippen LogP contribution in [0.3, 0.4) is 0 Å². The van der Waals surface area contributed by atoms with Crippen LogP contribution in [-0.2, 0) is 13.0 Å². The molecule has 1 aliphatic rings. The summed E-state index contributed by atoms with van der Waals surface area (Å²) in [6.45, 7) is 3.29. The Morgan fingerprint density at radius 1 is 1.32 bits per heavy atom. The van der Waals surface area contributed by atoms with Crippen molar-refractivity contribution < 1.29 is 10.2 Å². The zero-order valence-corrected chi connectivity index (χ0v) is 11.7. The van der Waals surface area contributed by atoms with Crippen LogP contribution in [0, 0.1) is 0 Å². The summed E-state index contributed by atoms with van der Waals surface area (Å²) in [6.07, 6.45) is 5.31. The molecule has 0 saturated carbocycles. The molecule has 0 spiro atoms. The number of hydrogen-bond donors (Lipinski definition) is 2. The number of piperidine rings is 1. The van der Waals surface area contributed by atoms with E-state index < -0.39 is 0 Å². The van der Waals surface area contributed by atoms with Crippen LogP contribution < -0.4 is 4.90 Å². The Balaban J connectivity index is 2.28. The molecule has 1 aliphatic heterocycles. The first-order valence-corrected chi connectivity index (χ1v) is 7.26. The van der Waals surface area contributed by atoms with Gasteiger partial charge in [0.25, 0.3) is 0 Å². The summed E-state index contributed by atoms with van der Waals surface area (Å²) in [5.41, 5.74) is 1.95. The highest BCUT2D eigenvalue weighted by atomic mass is 16.3. The molecule has 1 unspecified atom stereocenters. The van der Waals surface area contributed by atoms with Gasteiger partial charge in [-0.15, -0.1) is 0 Å². The third kappa shape index (κ3) is 3.45. The van der Waals surface area contributed by atoms with Crippen LogP contribution in [-0.4, -0.2) is 34.4 Å². The minimum atomic E-state index is 0.0455. The molecule has 1 aromatic heterocycles. The fraction of sp³-hybridized carbons (Fsp3) is 0.667. The topological polar surface area (TPSA) is 56.6 Å². The quantitative estimate of drug-likeness (QED) is 0.852. The second-order valence-electron chi connectivity index (χ2n) is 5.26. The van der Waals surface area contributed by atoms with E-state index in [0.717, 1.165) is 49.3 Å². The van der Waals surface area contributed by atoms with Crippen molar-refractivity contribution in [2.75, 3.05) is 18.1 Å². The number of aryl methyl sites for hydroxylation is 1. The van der Waals surface area contributed by atoms with E-state index in [2.05, 4.69) is 11.8 Å². The normalized spacial score (nSPS) is 19.7. The van der Waals surface area contributed by atoms with Gasteiger partial charge in [-0.1, -0.05) is 13.3 Å². The van der Waals surface area contributed by atoms with Crippen molar-refractivity contribution in [2.24, 2.45) is 0 Å². The van der Waals surface area contributed by atoms with Crippen molar-refractivity contribution in [3.05, 3.63) is 23.4 Å². The molecule has 1 atom stereocenters. The second kappa shape index (κ2) is 6.87. The molecular formula is C15H24N2O2. The van der Waals surface area contributed by atoms with E-state index in [1.54, 1.807) is 0 Å². The lowest BCUT2D eigenvalue weighted by molar-refractivity contribution is 0.239. The van der Waals surface area contributed by atoms with E-state index in [0.29, 0.717) is 0 Å². The van der Waals surface area contributed by atoms with Gasteiger partial charge in [0.05, 0.1) is 19.3 Å². The number of anilines is 1. The van der Waals surface area contributed by atoms with Gasteiger partial charge in [0.15, 0.2) is 0 Å². The molecule has 2 heterocycles. The molecule has 106 valence electrons. The van der Waals surface area contributed by atoms with Crippen molar-refractivity contribution in [1.82, 2.24) is 4.98 Å². The predicted molar refractivity (Wildman–Crippen MR) is 76.2 cm³/mol. The Morgan fingerprint density at radius 3 is 2.84 bits per heavy atom. The summed E-state index contributed by atoms with van der Waals surface area (Å²) in [5, 5.41) is 18.9. The van der Waals surface area contributed by atoms with E-state index in [-0.39, 0.29) is 19.3 Å². The summed E-state index contributed by atoms with van der Waals surface area (Å²) in [4.78, 5) is 6.89. The van der Waals surface area contributed by atoms with Gasteiger partial charge in [0.2, 0.25) is 0 Å². The van der Waals surface area contributed by atoms with Crippen molar-refractivity contribution in [3.63, 3.8) is 0 Å². The summed E-state index contributed by atoms with van der Waals surface area (Å²) >= 11 is 0. The van der Waals surface area contributed by atoms with Crippen LogP contribution in [0.4, 0.5) is 5.82 Å². The highest BCUT2D eigenvalue weighted by Crippen LogP contribution is 2.24. The third-order valence-electron chi connectivity index (χ3n) is 3.75. The number of aliphatic hydroxyl groups excluding tert-OH is 2. The smallest absolute Gasteiger partial charge is 0.129 e. The predicted octanol–water partition coefficient (Wildman–Crippen LogP) is 1.88. The van der Waals surface area contributed by atoms with Gasteiger partial charge in [-0.25, -0.2) is 4.98 Å². The van der Waals surface area contributed by atoms with Gasteiger partial charge in [-0.3, -0.25) is 0 Å². The minimum absolute atomic E-state index is 0.0455. The third-order valence-corrected chi connectivity index (χ3v) is 3.75. The standard InChI is InChI=1S/C15H24N2O2/c1-2-5-13-8-12(10-18)9-15(16-13)17-7-4-3-6-14(17)11-19/h8-9,14,18-19H,2-7,10-11H2,1H3. The lowest BCUT2D eigenvalue weighted by Gasteiger charge is -2.36. The molecule has 2 N–H and O–H groups in total. The number of aromatic nitrogens is 1. The Morgan fingerprint density at radius 2 is 2.16 bits per heavy atom. The SMILES string of the molecule is CCCc1cc(CO)cc(N2CCCCC2CO)n1. The maximum Gasteiger partial charge on any atom is 0.129 e. The Bertz CT molecular complexity index is 409. The molecule has 1 saturated heterocycles. The van der Waals surface area contributed by atoms with Gasteiger partial charge >= 0.3 is 0 Å². The second-order valence-corrected chi connectivity index (χ2v) is 5.26. The highest BCUT2D eigenvalue weighted by Gasteiger charge is 2.23. The van der Waals surface area contributed by atoms with Crippen LogP contribution in [0.5, 0.6) is 0 Å². The minimum Gasteiger partial charge on any atom is -0.394 e. The first-order chi connectivity index (χ1) is 9.28. The lowest BCUT2D eigenvalue weighted by Crippen LogP contribution is -2.42. The van der Waals surface area contributed by atoms with Crippen LogP contribution in [0.15, 0.2) is 12.1 Å². The molecule has 1 aromatic rings. The van der Waals surface area contributed by atoms with E-state index in [1.807, 2.05) is 12.1 Å². The molecule has 1 fully saturated rings. The average Bonchev–Trinajstić information content (AvgIpc) is 2.47. The first kappa shape index (κ1) is 14.3. The highest BCUT2D eigenvalue weighted by molar-refractivity contribution is 5.44. The van der Waals surface area contributed by atoms with E-state index in [4.69, 9.17) is 4.98 Å². The van der Waals surface area contributed by atoms with Crippen LogP contribution in [0.1, 0.15) is 43.9 Å². The van der Waals surface area contributed by atoms with Gasteiger partial charge in [-0.05, 0) is 43.4 Å². The number of rotatable bonds is 5. The number of pyridine rings is 1. The van der Waals surface area contributed by atoms with Crippen LogP contribution in [0.2, 0.25) is 0 Å². The lowest BCUT2D eigenvalue weighted by atomic mass is 10.0. The molecule has 19 heavy (non-hydrogen) atoms. The van der Waals surface area contributed by atoms with E-state index >= 15 is 0 Å². The molecule has 0 bridgehead atoms. The molecule has 0 aliphatic carbocycles. The molecule has 4 nitrogen and oxygen atoms in total. The van der Waals surface area contributed by atoms with Crippen molar-refractivity contribution >= 4 is 5.82 Å². The molecule has 4 heteroatoms. The number of nitrogens with zero attached hydrogens (tertiary/aromatic N) is 2. The number of aliphatic hydroxyl groups is 2. The van der Waals surface area contributed by atoms with Gasteiger partial charge in [0.1, 0.15) is 5.82 Å². The summed E-state index contributed by atoms with van der Waals surface area (Å²) in [7, 11) is 0. The average molecular weight is 264 g/mol. The molecule has 0 aromatic carbocycles. The molecule has 0 radical (unpaired) electrons. The maximum atomic E-state index is 9.50. The van der Waals surface area contributed by atoms with Gasteiger partial charge in [0, 0.05) is 12.2 Å². The van der Waals surface area contributed by atoms with E-state index in [9.17, 15) is 10.2 Å². The largest absolute Gasteiger partial charge is 0.394 e. The van der Waals surface area contributed by atoms with Crippen molar-refractivity contribution in [2.45, 2.75) is 51.7 Å². The van der Waals surface area contributed by atoms with Crippen LogP contribution in [0.25, 0.3) is 0 Å². The Kier molecular flexibility index (Phi) is 5.16. The molecule has 0 amide bonds. The zero-order valence-electron chi connectivity index (χ0n) is 11.7. The van der Waals surface area contributed by atoms with Gasteiger partial charge in [-0.2, -0.15) is 0 Å². The fourth-order valence-corrected chi connectivity index (χ4v) is 2.75. The number of hydrogen-bond acceptors (Lipinski definition) is 4. The maximum absolute atomic E-state index is 9.50. The van der Waals surface area contributed by atoms with Gasteiger partial charge < -0.3 is 15.1 Å². The summed E-state index contributed by atoms with van der Waals surface area (Å²) in [6, 6.07) is 4.10. The molecule has 2 rings (SSSR count). The Hall–Kier alpha value is -1.13. The zero-order chi connectivity index (χ0) is 13.7. The van der Waals surface area contributed by atoms with E-state index in [1.165, 1.54) is 6.42 Å².